The van der Waals surface area contributed by atoms with Crippen molar-refractivity contribution >= 4 is 28.2 Å². The highest BCUT2D eigenvalue weighted by atomic mass is 35.5. The Morgan fingerprint density at radius 3 is 2.62 bits per heavy atom. The number of hydrogen-bond donors (Lipinski definition) is 0. The van der Waals surface area contributed by atoms with Gasteiger partial charge in [-0.2, -0.15) is 18.4 Å². The van der Waals surface area contributed by atoms with E-state index in [4.69, 9.17) is 11.6 Å². The van der Waals surface area contributed by atoms with Crippen molar-refractivity contribution in [3.63, 3.8) is 0 Å². The van der Waals surface area contributed by atoms with Crippen LogP contribution in [0.15, 0.2) is 36.4 Å². The van der Waals surface area contributed by atoms with Crippen molar-refractivity contribution in [1.29, 1.82) is 5.26 Å². The molecule has 2 aliphatic rings. The van der Waals surface area contributed by atoms with Crippen molar-refractivity contribution in [2.75, 3.05) is 6.54 Å². The summed E-state index contributed by atoms with van der Waals surface area (Å²) in [4.78, 5) is 1.34. The average molecular weight is 420 g/mol. The summed E-state index contributed by atoms with van der Waals surface area (Å²) in [5.74, 6) is 0. The van der Waals surface area contributed by atoms with Gasteiger partial charge in [-0.15, -0.1) is 0 Å². The lowest BCUT2D eigenvalue weighted by Gasteiger charge is -2.36. The molecular formula is C22H21ClF3N3. The molecule has 1 atom stereocenters. The van der Waals surface area contributed by atoms with Gasteiger partial charge < -0.3 is 9.47 Å². The maximum Gasteiger partial charge on any atom is 0.408 e. The van der Waals surface area contributed by atoms with Gasteiger partial charge in [0.25, 0.3) is 0 Å². The summed E-state index contributed by atoms with van der Waals surface area (Å²) in [6.07, 6.45) is 4.79. The molecule has 0 N–H and O–H groups in total. The summed E-state index contributed by atoms with van der Waals surface area (Å²) >= 11 is 6.25. The molecule has 1 aromatic carbocycles. The number of nitrogens with zero attached hydrogens (tertiary/aromatic N) is 3. The van der Waals surface area contributed by atoms with Crippen LogP contribution in [-0.2, 0) is 0 Å². The van der Waals surface area contributed by atoms with Crippen molar-refractivity contribution in [2.45, 2.75) is 50.9 Å². The maximum absolute atomic E-state index is 13.6. The summed E-state index contributed by atoms with van der Waals surface area (Å²) in [6.45, 7) is 1.31. The van der Waals surface area contributed by atoms with Crippen LogP contribution < -0.4 is 0 Å². The van der Waals surface area contributed by atoms with E-state index in [2.05, 4.69) is 10.6 Å². The van der Waals surface area contributed by atoms with Crippen LogP contribution in [0.1, 0.15) is 49.9 Å². The zero-order valence-corrected chi connectivity index (χ0v) is 16.8. The molecule has 3 nitrogen and oxygen atoms in total. The van der Waals surface area contributed by atoms with Crippen molar-refractivity contribution in [3.8, 4) is 6.07 Å². The van der Waals surface area contributed by atoms with Gasteiger partial charge in [0.2, 0.25) is 0 Å². The van der Waals surface area contributed by atoms with E-state index in [-0.39, 0.29) is 12.6 Å². The Morgan fingerprint density at radius 1 is 1.24 bits per heavy atom. The summed E-state index contributed by atoms with van der Waals surface area (Å²) < 4.78 is 42.8. The summed E-state index contributed by atoms with van der Waals surface area (Å²) in [5, 5.41) is 11.3. The molecule has 1 saturated carbocycles. The highest BCUT2D eigenvalue weighted by Gasteiger charge is 2.42. The largest absolute Gasteiger partial charge is 0.408 e. The average Bonchev–Trinajstić information content (AvgIpc) is 3.31. The first-order valence-electron chi connectivity index (χ1n) is 9.77. The zero-order valence-electron chi connectivity index (χ0n) is 16.0. The first-order valence-corrected chi connectivity index (χ1v) is 10.1. The van der Waals surface area contributed by atoms with Crippen LogP contribution in [0.4, 0.5) is 13.2 Å². The van der Waals surface area contributed by atoms with Gasteiger partial charge in [-0.3, -0.25) is 0 Å². The van der Waals surface area contributed by atoms with Crippen molar-refractivity contribution in [1.82, 2.24) is 9.47 Å². The van der Waals surface area contributed by atoms with E-state index in [1.165, 1.54) is 11.8 Å². The molecule has 2 aromatic rings. The lowest BCUT2D eigenvalue weighted by atomic mass is 10.1. The first-order chi connectivity index (χ1) is 13.8. The Balaban J connectivity index is 1.99. The Bertz CT molecular complexity index is 1040. The number of alkyl halides is 3. The van der Waals surface area contributed by atoms with Gasteiger partial charge in [-0.25, -0.2) is 0 Å². The molecule has 1 fully saturated rings. The van der Waals surface area contributed by atoms with Crippen LogP contribution in [0, 0.1) is 11.3 Å². The van der Waals surface area contributed by atoms with Gasteiger partial charge in [0.15, 0.2) is 0 Å². The van der Waals surface area contributed by atoms with Crippen LogP contribution in [0.3, 0.4) is 0 Å². The second kappa shape index (κ2) is 7.46. The highest BCUT2D eigenvalue weighted by Crippen LogP contribution is 2.42. The number of benzene rings is 1. The third-order valence-corrected chi connectivity index (χ3v) is 6.19. The highest BCUT2D eigenvalue weighted by molar-refractivity contribution is 6.31. The number of aromatic nitrogens is 1. The van der Waals surface area contributed by atoms with E-state index in [0.717, 1.165) is 36.6 Å². The molecule has 1 aliphatic heterocycles. The third kappa shape index (κ3) is 3.42. The SMILES string of the molecule is C[C@H](N1CC=CC=C1c1c(C#N)c2ccc(Cl)cc2n1C1CCCC1)C(F)(F)F. The fourth-order valence-corrected chi connectivity index (χ4v) is 4.64. The molecule has 0 amide bonds. The summed E-state index contributed by atoms with van der Waals surface area (Å²) in [6, 6.07) is 6.07. The summed E-state index contributed by atoms with van der Waals surface area (Å²) in [5.41, 5.74) is 2.22. The molecule has 0 saturated heterocycles. The molecule has 4 rings (SSSR count). The third-order valence-electron chi connectivity index (χ3n) is 5.95. The second-order valence-electron chi connectivity index (χ2n) is 7.66. The van der Waals surface area contributed by atoms with Gasteiger partial charge in [0.05, 0.1) is 22.5 Å². The summed E-state index contributed by atoms with van der Waals surface area (Å²) in [7, 11) is 0. The number of fused-ring (bicyclic) bond motifs is 1. The molecule has 0 unspecified atom stereocenters. The predicted octanol–water partition coefficient (Wildman–Crippen LogP) is 6.44. The minimum Gasteiger partial charge on any atom is -0.354 e. The Hall–Kier alpha value is -2.39. The van der Waals surface area contributed by atoms with Gasteiger partial charge >= 0.3 is 6.18 Å². The van der Waals surface area contributed by atoms with E-state index in [9.17, 15) is 18.4 Å². The standard InChI is InChI=1S/C22H21ClF3N3/c1-14(22(24,25)26)28-11-5-4-8-19(28)21-18(13-27)17-10-9-15(23)12-20(17)29(21)16-6-2-3-7-16/h4-5,8-10,12,14,16H,2-3,6-7,11H2,1H3/t14-/m0/s1. The first kappa shape index (κ1) is 19.9. The van der Waals surface area contributed by atoms with Crippen molar-refractivity contribution < 1.29 is 13.2 Å². The van der Waals surface area contributed by atoms with Crippen LogP contribution in [0.2, 0.25) is 5.02 Å². The van der Waals surface area contributed by atoms with Crippen molar-refractivity contribution in [3.05, 3.63) is 52.7 Å². The van der Waals surface area contributed by atoms with E-state index in [1.54, 1.807) is 30.4 Å². The normalized spacial score (nSPS) is 18.9. The molecular weight excluding hydrogens is 399 g/mol. The van der Waals surface area contributed by atoms with Gasteiger partial charge in [0.1, 0.15) is 12.1 Å². The van der Waals surface area contributed by atoms with E-state index < -0.39 is 12.2 Å². The van der Waals surface area contributed by atoms with E-state index >= 15 is 0 Å². The number of rotatable bonds is 3. The number of nitriles is 1. The second-order valence-corrected chi connectivity index (χ2v) is 8.09. The smallest absolute Gasteiger partial charge is 0.354 e. The van der Waals surface area contributed by atoms with Gasteiger partial charge in [0, 0.05) is 23.0 Å². The minimum atomic E-state index is -4.37. The molecule has 0 radical (unpaired) electrons. The fourth-order valence-electron chi connectivity index (χ4n) is 4.48. The quantitative estimate of drug-likeness (QED) is 0.573. The van der Waals surface area contributed by atoms with E-state index in [0.29, 0.717) is 22.0 Å². The lowest BCUT2D eigenvalue weighted by Crippen LogP contribution is -2.43. The molecule has 152 valence electrons. The molecule has 0 spiro atoms. The lowest BCUT2D eigenvalue weighted by molar-refractivity contribution is -0.169. The van der Waals surface area contributed by atoms with Crippen LogP contribution in [0.25, 0.3) is 16.6 Å². The number of allylic oxidation sites excluding steroid dienone is 2. The van der Waals surface area contributed by atoms with Gasteiger partial charge in [-0.05, 0) is 44.0 Å². The predicted molar refractivity (Wildman–Crippen MR) is 109 cm³/mol. The molecule has 1 aromatic heterocycles. The van der Waals surface area contributed by atoms with Crippen LogP contribution >= 0.6 is 11.6 Å². The van der Waals surface area contributed by atoms with Gasteiger partial charge in [-0.1, -0.05) is 36.6 Å². The number of hydrogen-bond acceptors (Lipinski definition) is 2. The fraction of sp³-hybridized carbons (Fsp3) is 0.409. The van der Waals surface area contributed by atoms with Crippen LogP contribution in [0.5, 0.6) is 0 Å². The van der Waals surface area contributed by atoms with E-state index in [1.807, 2.05) is 6.07 Å². The minimum absolute atomic E-state index is 0.142. The molecule has 2 heterocycles. The van der Waals surface area contributed by atoms with Crippen molar-refractivity contribution in [2.24, 2.45) is 0 Å². The molecule has 29 heavy (non-hydrogen) atoms. The molecule has 1 aliphatic carbocycles. The molecule has 7 heteroatoms. The maximum atomic E-state index is 13.6. The molecule has 0 bridgehead atoms. The monoisotopic (exact) mass is 419 g/mol. The Kier molecular flexibility index (Phi) is 5.12. The van der Waals surface area contributed by atoms with Crippen LogP contribution in [-0.4, -0.2) is 28.2 Å². The zero-order chi connectivity index (χ0) is 20.8. The number of halogens is 4. The topological polar surface area (TPSA) is 32.0 Å². The Labute approximate surface area is 172 Å². The Morgan fingerprint density at radius 2 is 1.97 bits per heavy atom.